The highest BCUT2D eigenvalue weighted by atomic mass is 127. The first-order valence-electron chi connectivity index (χ1n) is 9.64. The third kappa shape index (κ3) is 7.58. The van der Waals surface area contributed by atoms with Crippen LogP contribution < -0.4 is 10.6 Å². The molecule has 0 radical (unpaired) electrons. The highest BCUT2D eigenvalue weighted by Gasteiger charge is 2.42. The molecule has 0 aromatic carbocycles. The van der Waals surface area contributed by atoms with Gasteiger partial charge >= 0.3 is 0 Å². The van der Waals surface area contributed by atoms with Crippen molar-refractivity contribution in [3.63, 3.8) is 0 Å². The van der Waals surface area contributed by atoms with E-state index in [0.29, 0.717) is 12.5 Å². The summed E-state index contributed by atoms with van der Waals surface area (Å²) >= 11 is 0. The first-order chi connectivity index (χ1) is 11.9. The summed E-state index contributed by atoms with van der Waals surface area (Å²) < 4.78 is 5.78. The molecule has 2 N–H and O–H groups in total. The Hall–Kier alpha value is -0.570. The van der Waals surface area contributed by atoms with Crippen molar-refractivity contribution in [2.75, 3.05) is 40.8 Å². The molecule has 1 aliphatic rings. The Balaban J connectivity index is 0.00000625. The largest absolute Gasteiger partial charge is 0.378 e. The van der Waals surface area contributed by atoms with Gasteiger partial charge in [-0.2, -0.15) is 0 Å². The Kier molecular flexibility index (Phi) is 12.5. The summed E-state index contributed by atoms with van der Waals surface area (Å²) in [5.41, 5.74) is -0.285. The predicted molar refractivity (Wildman–Crippen MR) is 119 cm³/mol. The summed E-state index contributed by atoms with van der Waals surface area (Å²) in [5, 5.41) is 6.73. The molecule has 1 amide bonds. The molecule has 1 aliphatic carbocycles. The fourth-order valence-corrected chi connectivity index (χ4v) is 3.62. The number of hydrogen-bond donors (Lipinski definition) is 2. The standard InChI is InChI=1S/C19H38N4O2.HI/c1-7-25-16(15(2)3)10-13-21-18(20-4)22-14-19(11-8-9-12-19)17(24)23(5)6;/h15-16H,7-14H2,1-6H3,(H2,20,21,22);1H. The van der Waals surface area contributed by atoms with E-state index in [0.717, 1.165) is 51.2 Å². The average Bonchev–Trinajstić information content (AvgIpc) is 3.05. The maximum atomic E-state index is 12.6. The topological polar surface area (TPSA) is 66.0 Å². The van der Waals surface area contributed by atoms with Crippen LogP contribution in [0, 0.1) is 11.3 Å². The van der Waals surface area contributed by atoms with E-state index >= 15 is 0 Å². The van der Waals surface area contributed by atoms with Crippen LogP contribution in [0.5, 0.6) is 0 Å². The van der Waals surface area contributed by atoms with E-state index in [1.54, 1.807) is 11.9 Å². The van der Waals surface area contributed by atoms with Gasteiger partial charge in [-0.05, 0) is 32.1 Å². The number of carbonyl (C=O) groups is 1. The minimum atomic E-state index is -0.285. The van der Waals surface area contributed by atoms with Gasteiger partial charge in [0.1, 0.15) is 0 Å². The van der Waals surface area contributed by atoms with Crippen molar-refractivity contribution in [1.82, 2.24) is 15.5 Å². The van der Waals surface area contributed by atoms with Crippen molar-refractivity contribution < 1.29 is 9.53 Å². The van der Waals surface area contributed by atoms with Gasteiger partial charge in [0.2, 0.25) is 5.91 Å². The van der Waals surface area contributed by atoms with E-state index in [1.807, 2.05) is 21.0 Å². The Bertz CT molecular complexity index is 435. The summed E-state index contributed by atoms with van der Waals surface area (Å²) in [6, 6.07) is 0. The second-order valence-corrected chi connectivity index (χ2v) is 7.57. The lowest BCUT2D eigenvalue weighted by atomic mass is 9.84. The van der Waals surface area contributed by atoms with Crippen molar-refractivity contribution in [3.8, 4) is 0 Å². The van der Waals surface area contributed by atoms with Crippen LogP contribution in [0.4, 0.5) is 0 Å². The quantitative estimate of drug-likeness (QED) is 0.302. The smallest absolute Gasteiger partial charge is 0.230 e. The van der Waals surface area contributed by atoms with Crippen LogP contribution >= 0.6 is 24.0 Å². The number of nitrogens with one attached hydrogen (secondary N) is 2. The number of halogens is 1. The lowest BCUT2D eigenvalue weighted by molar-refractivity contribution is -0.138. The highest BCUT2D eigenvalue weighted by Crippen LogP contribution is 2.38. The number of hydrogen-bond acceptors (Lipinski definition) is 3. The predicted octanol–water partition coefficient (Wildman–Crippen LogP) is 2.87. The van der Waals surface area contributed by atoms with Crippen LogP contribution in [0.2, 0.25) is 0 Å². The number of rotatable bonds is 9. The van der Waals surface area contributed by atoms with E-state index in [9.17, 15) is 4.79 Å². The second kappa shape index (κ2) is 12.8. The van der Waals surface area contributed by atoms with E-state index in [1.165, 1.54) is 0 Å². The molecule has 0 saturated heterocycles. The highest BCUT2D eigenvalue weighted by molar-refractivity contribution is 14.0. The minimum absolute atomic E-state index is 0. The lowest BCUT2D eigenvalue weighted by Gasteiger charge is -2.31. The van der Waals surface area contributed by atoms with E-state index < -0.39 is 0 Å². The monoisotopic (exact) mass is 482 g/mol. The van der Waals surface area contributed by atoms with Gasteiger partial charge < -0.3 is 20.3 Å². The number of aliphatic imine (C=N–C) groups is 1. The molecule has 1 saturated carbocycles. The molecular formula is C19H39IN4O2. The molecule has 154 valence electrons. The van der Waals surface area contributed by atoms with Crippen LogP contribution in [-0.4, -0.2) is 63.7 Å². The molecule has 7 heteroatoms. The molecule has 0 bridgehead atoms. The van der Waals surface area contributed by atoms with Crippen LogP contribution in [0.25, 0.3) is 0 Å². The van der Waals surface area contributed by atoms with Gasteiger partial charge in [0, 0.05) is 40.8 Å². The molecule has 1 fully saturated rings. The minimum Gasteiger partial charge on any atom is -0.378 e. The number of amides is 1. The molecule has 0 heterocycles. The summed E-state index contributed by atoms with van der Waals surface area (Å²) in [5.74, 6) is 1.48. The average molecular weight is 482 g/mol. The van der Waals surface area contributed by atoms with E-state index in [2.05, 4.69) is 29.5 Å². The molecule has 1 rings (SSSR count). The third-order valence-electron chi connectivity index (χ3n) is 5.08. The summed E-state index contributed by atoms with van der Waals surface area (Å²) in [6.45, 7) is 8.59. The Morgan fingerprint density at radius 3 is 2.31 bits per heavy atom. The maximum Gasteiger partial charge on any atom is 0.230 e. The molecule has 0 aromatic heterocycles. The zero-order valence-corrected chi connectivity index (χ0v) is 19.8. The summed E-state index contributed by atoms with van der Waals surface area (Å²) in [7, 11) is 5.46. The van der Waals surface area contributed by atoms with Gasteiger partial charge in [-0.25, -0.2) is 0 Å². The van der Waals surface area contributed by atoms with E-state index in [-0.39, 0.29) is 41.4 Å². The van der Waals surface area contributed by atoms with Crippen molar-refractivity contribution in [1.29, 1.82) is 0 Å². The van der Waals surface area contributed by atoms with Crippen molar-refractivity contribution in [2.45, 2.75) is 59.0 Å². The van der Waals surface area contributed by atoms with Gasteiger partial charge in [0.25, 0.3) is 0 Å². The van der Waals surface area contributed by atoms with Gasteiger partial charge in [0.05, 0.1) is 11.5 Å². The van der Waals surface area contributed by atoms with Crippen LogP contribution in [-0.2, 0) is 9.53 Å². The van der Waals surface area contributed by atoms with Crippen LogP contribution in [0.1, 0.15) is 52.9 Å². The number of carbonyl (C=O) groups excluding carboxylic acids is 1. The molecule has 0 spiro atoms. The lowest BCUT2D eigenvalue weighted by Crippen LogP contribution is -2.49. The van der Waals surface area contributed by atoms with Gasteiger partial charge in [-0.3, -0.25) is 9.79 Å². The molecule has 26 heavy (non-hydrogen) atoms. The fourth-order valence-electron chi connectivity index (χ4n) is 3.62. The molecule has 0 aliphatic heterocycles. The molecule has 1 unspecified atom stereocenters. The van der Waals surface area contributed by atoms with Crippen molar-refractivity contribution in [2.24, 2.45) is 16.3 Å². The third-order valence-corrected chi connectivity index (χ3v) is 5.08. The zero-order valence-electron chi connectivity index (χ0n) is 17.4. The normalized spacial score (nSPS) is 17.6. The van der Waals surface area contributed by atoms with Crippen LogP contribution in [0.3, 0.4) is 0 Å². The first kappa shape index (κ1) is 25.4. The van der Waals surface area contributed by atoms with E-state index in [4.69, 9.17) is 4.74 Å². The molecular weight excluding hydrogens is 443 g/mol. The fraction of sp³-hybridized carbons (Fsp3) is 0.895. The Morgan fingerprint density at radius 1 is 1.23 bits per heavy atom. The summed E-state index contributed by atoms with van der Waals surface area (Å²) in [4.78, 5) is 18.6. The van der Waals surface area contributed by atoms with Gasteiger partial charge in [-0.1, -0.05) is 26.7 Å². The number of ether oxygens (including phenoxy) is 1. The first-order valence-corrected chi connectivity index (χ1v) is 9.64. The Morgan fingerprint density at radius 2 is 1.85 bits per heavy atom. The maximum absolute atomic E-state index is 12.6. The number of guanidine groups is 1. The van der Waals surface area contributed by atoms with Gasteiger partial charge in [-0.15, -0.1) is 24.0 Å². The van der Waals surface area contributed by atoms with Crippen molar-refractivity contribution in [3.05, 3.63) is 0 Å². The molecule has 0 aromatic rings. The SMILES string of the molecule is CCOC(CCNC(=NC)NCC1(C(=O)N(C)C)CCCC1)C(C)C.I. The molecule has 6 nitrogen and oxygen atoms in total. The molecule has 1 atom stereocenters. The Labute approximate surface area is 176 Å². The summed E-state index contributed by atoms with van der Waals surface area (Å²) in [6.07, 6.45) is 5.34. The zero-order chi connectivity index (χ0) is 18.9. The van der Waals surface area contributed by atoms with Gasteiger partial charge in [0.15, 0.2) is 5.96 Å². The van der Waals surface area contributed by atoms with Crippen LogP contribution in [0.15, 0.2) is 4.99 Å². The second-order valence-electron chi connectivity index (χ2n) is 7.57. The number of nitrogens with zero attached hydrogens (tertiary/aromatic N) is 2. The van der Waals surface area contributed by atoms with Crippen molar-refractivity contribution >= 4 is 35.8 Å².